The van der Waals surface area contributed by atoms with Crippen molar-refractivity contribution in [2.75, 3.05) is 0 Å². The van der Waals surface area contributed by atoms with Gasteiger partial charge < -0.3 is 10.2 Å². The molecule has 34 heavy (non-hydrogen) atoms. The molecule has 0 saturated heterocycles. The van der Waals surface area contributed by atoms with E-state index < -0.39 is 6.04 Å². The van der Waals surface area contributed by atoms with E-state index in [-0.39, 0.29) is 30.2 Å². The number of carbonyl (C=O) groups excluding carboxylic acids is 2. The summed E-state index contributed by atoms with van der Waals surface area (Å²) in [6, 6.07) is 26.9. The molecule has 1 N–H and O–H groups in total. The Balaban J connectivity index is 1.90. The summed E-state index contributed by atoms with van der Waals surface area (Å²) in [5, 5.41) is 3.66. The predicted molar refractivity (Wildman–Crippen MR) is 139 cm³/mol. The maximum absolute atomic E-state index is 13.8. The first-order chi connectivity index (χ1) is 16.4. The Morgan fingerprint density at radius 3 is 1.88 bits per heavy atom. The zero-order chi connectivity index (χ0) is 24.5. The third kappa shape index (κ3) is 6.94. The summed E-state index contributed by atoms with van der Waals surface area (Å²) in [4.78, 5) is 28.5. The Morgan fingerprint density at radius 1 is 0.853 bits per heavy atom. The molecule has 4 nitrogen and oxygen atoms in total. The first-order valence-corrected chi connectivity index (χ1v) is 12.2. The van der Waals surface area contributed by atoms with Crippen molar-refractivity contribution in [2.45, 2.75) is 58.2 Å². The van der Waals surface area contributed by atoms with Gasteiger partial charge in [-0.05, 0) is 49.1 Å². The van der Waals surface area contributed by atoms with Gasteiger partial charge in [-0.15, -0.1) is 0 Å². The molecule has 0 aliphatic carbocycles. The second-order valence-corrected chi connectivity index (χ2v) is 9.16. The molecule has 0 aromatic heterocycles. The third-order valence-corrected chi connectivity index (χ3v) is 6.47. The number of hydrogen-bond donors (Lipinski definition) is 1. The Bertz CT molecular complexity index is 1020. The Hall–Kier alpha value is -3.11. The fraction of sp³-hybridized carbons (Fsp3) is 0.310. The number of carbonyl (C=O) groups is 2. The minimum atomic E-state index is -0.607. The zero-order valence-corrected chi connectivity index (χ0v) is 20.8. The van der Waals surface area contributed by atoms with Crippen LogP contribution in [0.4, 0.5) is 0 Å². The zero-order valence-electron chi connectivity index (χ0n) is 20.1. The SMILES string of the molecule is CC[C@@H](C)NC(=O)[C@@H](C)N(Cc1ccc(Cl)cc1)C(=O)CC(c1ccccc1)c1ccccc1. The van der Waals surface area contributed by atoms with E-state index in [4.69, 9.17) is 11.6 Å². The van der Waals surface area contributed by atoms with Crippen molar-refractivity contribution in [1.29, 1.82) is 0 Å². The van der Waals surface area contributed by atoms with Gasteiger partial charge in [0, 0.05) is 29.9 Å². The lowest BCUT2D eigenvalue weighted by Crippen LogP contribution is -2.49. The van der Waals surface area contributed by atoms with Crippen molar-refractivity contribution in [3.05, 3.63) is 107 Å². The number of rotatable bonds is 10. The van der Waals surface area contributed by atoms with Gasteiger partial charge >= 0.3 is 0 Å². The summed E-state index contributed by atoms with van der Waals surface area (Å²) in [5.74, 6) is -0.320. The summed E-state index contributed by atoms with van der Waals surface area (Å²) in [5.41, 5.74) is 3.08. The van der Waals surface area contributed by atoms with Gasteiger partial charge in [0.2, 0.25) is 11.8 Å². The van der Waals surface area contributed by atoms with Crippen LogP contribution >= 0.6 is 11.6 Å². The largest absolute Gasteiger partial charge is 0.352 e. The van der Waals surface area contributed by atoms with Gasteiger partial charge in [-0.1, -0.05) is 91.3 Å². The van der Waals surface area contributed by atoms with Crippen molar-refractivity contribution in [3.8, 4) is 0 Å². The molecule has 0 bridgehead atoms. The van der Waals surface area contributed by atoms with Crippen LogP contribution in [0.5, 0.6) is 0 Å². The minimum Gasteiger partial charge on any atom is -0.352 e. The van der Waals surface area contributed by atoms with Crippen molar-refractivity contribution >= 4 is 23.4 Å². The van der Waals surface area contributed by atoms with Crippen LogP contribution in [0.25, 0.3) is 0 Å². The summed E-state index contributed by atoms with van der Waals surface area (Å²) >= 11 is 6.06. The van der Waals surface area contributed by atoms with Crippen molar-refractivity contribution in [3.63, 3.8) is 0 Å². The van der Waals surface area contributed by atoms with E-state index in [2.05, 4.69) is 5.32 Å². The molecular weight excluding hydrogens is 444 g/mol. The molecule has 3 aromatic carbocycles. The fourth-order valence-corrected chi connectivity index (χ4v) is 4.05. The van der Waals surface area contributed by atoms with E-state index in [1.54, 1.807) is 24.0 Å². The molecule has 2 amide bonds. The number of amides is 2. The van der Waals surface area contributed by atoms with Crippen LogP contribution in [-0.4, -0.2) is 28.8 Å². The number of nitrogens with one attached hydrogen (secondary N) is 1. The second-order valence-electron chi connectivity index (χ2n) is 8.72. The fourth-order valence-electron chi connectivity index (χ4n) is 3.93. The summed E-state index contributed by atoms with van der Waals surface area (Å²) in [6.07, 6.45) is 1.09. The van der Waals surface area contributed by atoms with Gasteiger partial charge in [0.1, 0.15) is 6.04 Å². The standard InChI is InChI=1S/C29H33ClN2O2/c1-4-21(2)31-29(34)22(3)32(20-23-15-17-26(30)18-16-23)28(33)19-27(24-11-7-5-8-12-24)25-13-9-6-10-14-25/h5-18,21-22,27H,4,19-20H2,1-3H3,(H,31,34)/t21-,22-/m1/s1. The van der Waals surface area contributed by atoms with Crippen molar-refractivity contribution in [2.24, 2.45) is 0 Å². The topological polar surface area (TPSA) is 49.4 Å². The van der Waals surface area contributed by atoms with Crippen LogP contribution in [0.3, 0.4) is 0 Å². The molecule has 178 valence electrons. The highest BCUT2D eigenvalue weighted by Gasteiger charge is 2.29. The van der Waals surface area contributed by atoms with Crippen LogP contribution in [0.1, 0.15) is 56.2 Å². The van der Waals surface area contributed by atoms with Gasteiger partial charge in [-0.2, -0.15) is 0 Å². The van der Waals surface area contributed by atoms with E-state index in [0.717, 1.165) is 23.1 Å². The van der Waals surface area contributed by atoms with Gasteiger partial charge in [-0.25, -0.2) is 0 Å². The highest BCUT2D eigenvalue weighted by molar-refractivity contribution is 6.30. The lowest BCUT2D eigenvalue weighted by molar-refractivity contribution is -0.141. The number of halogens is 1. The molecule has 5 heteroatoms. The Kier molecular flexibility index (Phi) is 9.29. The van der Waals surface area contributed by atoms with Gasteiger partial charge in [0.15, 0.2) is 0 Å². The number of benzene rings is 3. The highest BCUT2D eigenvalue weighted by Crippen LogP contribution is 2.29. The molecule has 0 spiro atoms. The van der Waals surface area contributed by atoms with Crippen LogP contribution < -0.4 is 5.32 Å². The molecule has 0 aliphatic rings. The maximum atomic E-state index is 13.8. The highest BCUT2D eigenvalue weighted by atomic mass is 35.5. The van der Waals surface area contributed by atoms with Crippen molar-refractivity contribution < 1.29 is 9.59 Å². The van der Waals surface area contributed by atoms with Crippen molar-refractivity contribution in [1.82, 2.24) is 10.2 Å². The quantitative estimate of drug-likeness (QED) is 0.379. The predicted octanol–water partition coefficient (Wildman–Crippen LogP) is 6.19. The van der Waals surface area contributed by atoms with Crippen LogP contribution in [0, 0.1) is 0 Å². The summed E-state index contributed by atoms with van der Waals surface area (Å²) in [6.45, 7) is 6.13. The van der Waals surface area contributed by atoms with Crippen LogP contribution in [-0.2, 0) is 16.1 Å². The molecule has 2 atom stereocenters. The first kappa shape index (κ1) is 25.5. The molecule has 3 aromatic rings. The number of nitrogens with zero attached hydrogens (tertiary/aromatic N) is 1. The average Bonchev–Trinajstić information content (AvgIpc) is 2.87. The molecule has 0 fully saturated rings. The number of hydrogen-bond acceptors (Lipinski definition) is 2. The first-order valence-electron chi connectivity index (χ1n) is 11.8. The van der Waals surface area contributed by atoms with E-state index in [1.807, 2.05) is 86.6 Å². The Morgan fingerprint density at radius 2 is 1.38 bits per heavy atom. The van der Waals surface area contributed by atoms with E-state index in [1.165, 1.54) is 0 Å². The van der Waals surface area contributed by atoms with Gasteiger partial charge in [0.25, 0.3) is 0 Å². The molecule has 0 radical (unpaired) electrons. The lowest BCUT2D eigenvalue weighted by atomic mass is 9.88. The van der Waals surface area contributed by atoms with E-state index in [9.17, 15) is 9.59 Å². The maximum Gasteiger partial charge on any atom is 0.242 e. The van der Waals surface area contributed by atoms with Crippen LogP contribution in [0.15, 0.2) is 84.9 Å². The minimum absolute atomic E-state index is 0.0452. The average molecular weight is 477 g/mol. The molecule has 0 unspecified atom stereocenters. The van der Waals surface area contributed by atoms with Crippen LogP contribution in [0.2, 0.25) is 5.02 Å². The molecule has 0 aliphatic heterocycles. The normalized spacial score (nSPS) is 12.7. The van der Waals surface area contributed by atoms with Gasteiger partial charge in [-0.3, -0.25) is 9.59 Å². The van der Waals surface area contributed by atoms with E-state index >= 15 is 0 Å². The molecule has 0 saturated carbocycles. The summed E-state index contributed by atoms with van der Waals surface area (Å²) in [7, 11) is 0. The molecule has 0 heterocycles. The second kappa shape index (κ2) is 12.4. The smallest absolute Gasteiger partial charge is 0.242 e. The van der Waals surface area contributed by atoms with E-state index in [0.29, 0.717) is 11.6 Å². The molecular formula is C29H33ClN2O2. The Labute approximate surface area is 207 Å². The summed E-state index contributed by atoms with van der Waals surface area (Å²) < 4.78 is 0. The third-order valence-electron chi connectivity index (χ3n) is 6.22. The lowest BCUT2D eigenvalue weighted by Gasteiger charge is -2.31. The monoisotopic (exact) mass is 476 g/mol. The van der Waals surface area contributed by atoms with Gasteiger partial charge in [0.05, 0.1) is 0 Å². The molecule has 3 rings (SSSR count).